The van der Waals surface area contributed by atoms with Crippen LogP contribution in [0.15, 0.2) is 0 Å². The Morgan fingerprint density at radius 1 is 1.38 bits per heavy atom. The number of nitrogens with zero attached hydrogens (tertiary/aromatic N) is 1. The number of carbonyl (C=O) groups is 1. The minimum absolute atomic E-state index is 0.315. The average Bonchev–Trinajstić information content (AvgIpc) is 2.32. The monoisotopic (exact) mass is 248 g/mol. The summed E-state index contributed by atoms with van der Waals surface area (Å²) in [5.41, 5.74) is 5.62. The van der Waals surface area contributed by atoms with E-state index in [-0.39, 0.29) is 5.97 Å². The molecule has 0 saturated carbocycles. The van der Waals surface area contributed by atoms with Gasteiger partial charge in [-0.3, -0.25) is 4.79 Å². The van der Waals surface area contributed by atoms with E-state index >= 15 is 0 Å². The van der Waals surface area contributed by atoms with Gasteiger partial charge in [0, 0.05) is 12.3 Å². The Morgan fingerprint density at radius 3 is 2.50 bits per heavy atom. The van der Waals surface area contributed by atoms with Crippen LogP contribution >= 0.6 is 11.8 Å². The molecule has 1 unspecified atom stereocenters. The van der Waals surface area contributed by atoms with Gasteiger partial charge in [-0.1, -0.05) is 13.8 Å². The highest BCUT2D eigenvalue weighted by Gasteiger charge is 2.12. The van der Waals surface area contributed by atoms with E-state index < -0.39 is 6.04 Å². The fraction of sp³-hybridized carbons (Fsp3) is 0.909. The van der Waals surface area contributed by atoms with Gasteiger partial charge in [0.1, 0.15) is 6.04 Å². The number of carbonyl (C=O) groups excluding carboxylic acids is 1. The molecule has 0 rings (SSSR count). The predicted octanol–water partition coefficient (Wildman–Crippen LogP) is 0.952. The van der Waals surface area contributed by atoms with Crippen molar-refractivity contribution in [2.45, 2.75) is 26.3 Å². The molecule has 0 aromatic rings. The number of esters is 1. The van der Waals surface area contributed by atoms with Crippen LogP contribution in [0.2, 0.25) is 0 Å². The van der Waals surface area contributed by atoms with E-state index in [0.29, 0.717) is 6.42 Å². The molecule has 0 amide bonds. The Morgan fingerprint density at radius 2 is 2.00 bits per heavy atom. The number of ether oxygens (including phenoxy) is 1. The summed E-state index contributed by atoms with van der Waals surface area (Å²) in [7, 11) is 1.37. The molecule has 0 spiro atoms. The van der Waals surface area contributed by atoms with Crippen LogP contribution < -0.4 is 5.73 Å². The molecule has 96 valence electrons. The van der Waals surface area contributed by atoms with Gasteiger partial charge >= 0.3 is 5.97 Å². The van der Waals surface area contributed by atoms with E-state index in [1.54, 1.807) is 0 Å². The van der Waals surface area contributed by atoms with Crippen molar-refractivity contribution in [1.29, 1.82) is 0 Å². The molecule has 0 fully saturated rings. The minimum Gasteiger partial charge on any atom is -0.468 e. The largest absolute Gasteiger partial charge is 0.468 e. The zero-order valence-electron chi connectivity index (χ0n) is 10.6. The van der Waals surface area contributed by atoms with Crippen LogP contribution in [-0.4, -0.2) is 55.2 Å². The highest BCUT2D eigenvalue weighted by molar-refractivity contribution is 7.99. The maximum absolute atomic E-state index is 11.0. The van der Waals surface area contributed by atoms with Crippen molar-refractivity contribution in [3.05, 3.63) is 0 Å². The van der Waals surface area contributed by atoms with Crippen LogP contribution in [0.4, 0.5) is 0 Å². The van der Waals surface area contributed by atoms with Crippen molar-refractivity contribution in [3.63, 3.8) is 0 Å². The topological polar surface area (TPSA) is 55.6 Å². The Balaban J connectivity index is 3.42. The molecule has 0 aliphatic heterocycles. The molecule has 16 heavy (non-hydrogen) atoms. The van der Waals surface area contributed by atoms with Gasteiger partial charge in [0.25, 0.3) is 0 Å². The second kappa shape index (κ2) is 9.93. The molecule has 0 bridgehead atoms. The second-order valence-electron chi connectivity index (χ2n) is 3.56. The Bertz CT molecular complexity index is 187. The first-order valence-electron chi connectivity index (χ1n) is 5.79. The Labute approximate surface area is 103 Å². The number of methoxy groups -OCH3 is 1. The van der Waals surface area contributed by atoms with Gasteiger partial charge in [0.2, 0.25) is 0 Å². The molecule has 0 heterocycles. The van der Waals surface area contributed by atoms with Crippen molar-refractivity contribution in [2.75, 3.05) is 38.2 Å². The maximum Gasteiger partial charge on any atom is 0.322 e. The third kappa shape index (κ3) is 7.09. The molecule has 5 heteroatoms. The lowest BCUT2D eigenvalue weighted by Gasteiger charge is -2.17. The smallest absolute Gasteiger partial charge is 0.322 e. The van der Waals surface area contributed by atoms with Gasteiger partial charge in [0.05, 0.1) is 7.11 Å². The molecular weight excluding hydrogens is 224 g/mol. The Hall–Kier alpha value is -0.260. The summed E-state index contributed by atoms with van der Waals surface area (Å²) in [5, 5.41) is 0. The number of thioether (sulfide) groups is 1. The number of hydrogen-bond acceptors (Lipinski definition) is 5. The molecule has 4 nitrogen and oxygen atoms in total. The molecule has 0 aromatic heterocycles. The van der Waals surface area contributed by atoms with Crippen LogP contribution in [0.25, 0.3) is 0 Å². The lowest BCUT2D eigenvalue weighted by atomic mass is 10.2. The summed E-state index contributed by atoms with van der Waals surface area (Å²) < 4.78 is 4.56. The molecule has 0 radical (unpaired) electrons. The second-order valence-corrected chi connectivity index (χ2v) is 4.78. The van der Waals surface area contributed by atoms with Crippen molar-refractivity contribution >= 4 is 17.7 Å². The quantitative estimate of drug-likeness (QED) is 0.486. The summed E-state index contributed by atoms with van der Waals surface area (Å²) in [6, 6.07) is -0.467. The lowest BCUT2D eigenvalue weighted by molar-refractivity contribution is -0.142. The first kappa shape index (κ1) is 15.7. The molecule has 0 aliphatic carbocycles. The molecule has 0 saturated heterocycles. The highest BCUT2D eigenvalue weighted by Crippen LogP contribution is 2.05. The van der Waals surface area contributed by atoms with E-state index in [4.69, 9.17) is 5.73 Å². The number of hydrogen-bond donors (Lipinski definition) is 1. The summed E-state index contributed by atoms with van der Waals surface area (Å²) in [4.78, 5) is 13.4. The molecule has 0 aromatic carbocycles. The van der Waals surface area contributed by atoms with Gasteiger partial charge in [-0.15, -0.1) is 0 Å². The predicted molar refractivity (Wildman–Crippen MR) is 69.7 cm³/mol. The first-order valence-corrected chi connectivity index (χ1v) is 6.94. The summed E-state index contributed by atoms with van der Waals surface area (Å²) in [6.07, 6.45) is 0.690. The highest BCUT2D eigenvalue weighted by atomic mass is 32.2. The van der Waals surface area contributed by atoms with Gasteiger partial charge in [-0.2, -0.15) is 11.8 Å². The third-order valence-electron chi connectivity index (χ3n) is 2.52. The van der Waals surface area contributed by atoms with E-state index in [0.717, 1.165) is 31.1 Å². The van der Waals surface area contributed by atoms with Crippen LogP contribution in [0.5, 0.6) is 0 Å². The van der Waals surface area contributed by atoms with E-state index in [1.807, 2.05) is 11.8 Å². The zero-order chi connectivity index (χ0) is 12.4. The summed E-state index contributed by atoms with van der Waals surface area (Å²) >= 11 is 1.84. The minimum atomic E-state index is -0.467. The van der Waals surface area contributed by atoms with Gasteiger partial charge in [-0.25, -0.2) is 0 Å². The van der Waals surface area contributed by atoms with Crippen molar-refractivity contribution in [3.8, 4) is 0 Å². The van der Waals surface area contributed by atoms with Crippen LogP contribution in [-0.2, 0) is 9.53 Å². The van der Waals surface area contributed by atoms with Crippen LogP contribution in [0.3, 0.4) is 0 Å². The van der Waals surface area contributed by atoms with Crippen molar-refractivity contribution < 1.29 is 9.53 Å². The maximum atomic E-state index is 11.0. The van der Waals surface area contributed by atoms with E-state index in [1.165, 1.54) is 7.11 Å². The fourth-order valence-corrected chi connectivity index (χ4v) is 2.33. The lowest BCUT2D eigenvalue weighted by Crippen LogP contribution is -2.32. The SMILES string of the molecule is CCN(CC)CCSCCC(N)C(=O)OC. The van der Waals surface area contributed by atoms with Gasteiger partial charge < -0.3 is 15.4 Å². The molecule has 2 N–H and O–H groups in total. The molecule has 1 atom stereocenters. The third-order valence-corrected chi connectivity index (χ3v) is 3.52. The van der Waals surface area contributed by atoms with Crippen LogP contribution in [0.1, 0.15) is 20.3 Å². The number of nitrogens with two attached hydrogens (primary N) is 1. The van der Waals surface area contributed by atoms with E-state index in [9.17, 15) is 4.79 Å². The average molecular weight is 248 g/mol. The normalized spacial score (nSPS) is 12.8. The van der Waals surface area contributed by atoms with Gasteiger partial charge in [-0.05, 0) is 25.3 Å². The Kier molecular flexibility index (Phi) is 9.77. The van der Waals surface area contributed by atoms with Gasteiger partial charge in [0.15, 0.2) is 0 Å². The summed E-state index contributed by atoms with van der Waals surface area (Å²) in [5.74, 6) is 1.69. The zero-order valence-corrected chi connectivity index (χ0v) is 11.4. The summed E-state index contributed by atoms with van der Waals surface area (Å²) in [6.45, 7) is 7.63. The standard InChI is InChI=1S/C11H24N2O2S/c1-4-13(5-2)7-9-16-8-6-10(12)11(14)15-3/h10H,4-9,12H2,1-3H3. The van der Waals surface area contributed by atoms with E-state index in [2.05, 4.69) is 23.5 Å². The fourth-order valence-electron chi connectivity index (χ4n) is 1.32. The van der Waals surface area contributed by atoms with Crippen molar-refractivity contribution in [2.24, 2.45) is 5.73 Å². The first-order chi connectivity index (χ1) is 7.65. The molecule has 0 aliphatic rings. The molecular formula is C11H24N2O2S. The van der Waals surface area contributed by atoms with Crippen molar-refractivity contribution in [1.82, 2.24) is 4.90 Å². The number of rotatable bonds is 9. The van der Waals surface area contributed by atoms with Crippen LogP contribution in [0, 0.1) is 0 Å².